The molecule has 1 fully saturated rings. The number of nitrogens with two attached hydrogens (primary N) is 1. The average molecular weight is 251 g/mol. The molecule has 0 amide bonds. The van der Waals surface area contributed by atoms with Gasteiger partial charge in [-0.2, -0.15) is 0 Å². The Hall–Kier alpha value is -0.640. The fraction of sp³-hybridized carbons (Fsp3) is 0.733. The maximum absolute atomic E-state index is 6.24. The molecular weight excluding hydrogens is 226 g/mol. The van der Waals surface area contributed by atoms with E-state index in [2.05, 4.69) is 25.2 Å². The molecular formula is C15H25NO2. The first-order valence-corrected chi connectivity index (χ1v) is 6.98. The minimum absolute atomic E-state index is 0.0112. The average Bonchev–Trinajstić information content (AvgIpc) is 2.87. The van der Waals surface area contributed by atoms with Gasteiger partial charge in [-0.3, -0.25) is 0 Å². The molecule has 18 heavy (non-hydrogen) atoms. The molecule has 0 saturated heterocycles. The summed E-state index contributed by atoms with van der Waals surface area (Å²) in [5.74, 6) is 0. The number of rotatable bonds is 5. The summed E-state index contributed by atoms with van der Waals surface area (Å²) in [5.41, 5.74) is 6.53. The number of ether oxygens (including phenoxy) is 2. The third kappa shape index (κ3) is 3.02. The van der Waals surface area contributed by atoms with Crippen molar-refractivity contribution in [1.29, 1.82) is 0 Å². The molecule has 1 saturated carbocycles. The first-order chi connectivity index (χ1) is 8.68. The van der Waals surface area contributed by atoms with Crippen molar-refractivity contribution in [2.24, 2.45) is 5.73 Å². The zero-order chi connectivity index (χ0) is 13.0. The van der Waals surface area contributed by atoms with Crippen LogP contribution in [-0.2, 0) is 9.47 Å². The summed E-state index contributed by atoms with van der Waals surface area (Å²) in [5, 5.41) is 0. The van der Waals surface area contributed by atoms with Gasteiger partial charge in [0.25, 0.3) is 0 Å². The molecule has 2 N–H and O–H groups in total. The molecule has 0 aliphatic heterocycles. The molecule has 2 rings (SSSR count). The zero-order valence-electron chi connectivity index (χ0n) is 11.5. The van der Waals surface area contributed by atoms with Crippen molar-refractivity contribution in [2.75, 3.05) is 13.7 Å². The number of hydrogen-bond donors (Lipinski definition) is 1. The third-order valence-corrected chi connectivity index (χ3v) is 4.07. The van der Waals surface area contributed by atoms with E-state index in [1.807, 2.05) is 0 Å². The Morgan fingerprint density at radius 2 is 2.11 bits per heavy atom. The summed E-state index contributed by atoms with van der Waals surface area (Å²) >= 11 is 0. The van der Waals surface area contributed by atoms with Crippen molar-refractivity contribution in [3.63, 3.8) is 0 Å². The number of hydrogen-bond acceptors (Lipinski definition) is 3. The van der Waals surface area contributed by atoms with Crippen LogP contribution in [0.5, 0.6) is 0 Å². The maximum atomic E-state index is 6.24. The van der Waals surface area contributed by atoms with Gasteiger partial charge < -0.3 is 15.2 Å². The Morgan fingerprint density at radius 3 is 2.72 bits per heavy atom. The molecule has 2 aliphatic carbocycles. The molecule has 3 heteroatoms. The smallest absolute Gasteiger partial charge is 0.113 e. The van der Waals surface area contributed by atoms with Crippen LogP contribution in [0.25, 0.3) is 0 Å². The van der Waals surface area contributed by atoms with Gasteiger partial charge in [0.15, 0.2) is 0 Å². The van der Waals surface area contributed by atoms with E-state index in [0.29, 0.717) is 12.6 Å². The van der Waals surface area contributed by atoms with Gasteiger partial charge >= 0.3 is 0 Å². The van der Waals surface area contributed by atoms with Crippen molar-refractivity contribution < 1.29 is 9.47 Å². The summed E-state index contributed by atoms with van der Waals surface area (Å²) in [6, 6.07) is 0. The Bertz CT molecular complexity index is 331. The predicted octanol–water partition coefficient (Wildman–Crippen LogP) is 2.56. The third-order valence-electron chi connectivity index (χ3n) is 4.07. The molecule has 0 aromatic carbocycles. The summed E-state index contributed by atoms with van der Waals surface area (Å²) in [6.07, 6.45) is 12.7. The van der Waals surface area contributed by atoms with E-state index in [9.17, 15) is 0 Å². The highest BCUT2D eigenvalue weighted by atomic mass is 16.5. The van der Waals surface area contributed by atoms with Gasteiger partial charge in [-0.1, -0.05) is 18.9 Å². The lowest BCUT2D eigenvalue weighted by molar-refractivity contribution is -0.0971. The standard InChI is InChI=1S/C15H25NO2/c1-15(17-2)9-7-12(8-10-16)11-14(15)18-13-5-3-4-6-13/h7,9,11,13-14H,3-6,8,10,16H2,1-2H3. The second kappa shape index (κ2) is 6.00. The molecule has 0 spiro atoms. The van der Waals surface area contributed by atoms with Crippen molar-refractivity contribution in [1.82, 2.24) is 0 Å². The second-order valence-electron chi connectivity index (χ2n) is 5.46. The Labute approximate surface area is 110 Å². The van der Waals surface area contributed by atoms with Crippen LogP contribution < -0.4 is 5.73 Å². The fourth-order valence-corrected chi connectivity index (χ4v) is 2.71. The number of methoxy groups -OCH3 is 1. The van der Waals surface area contributed by atoms with Crippen LogP contribution in [0.1, 0.15) is 39.0 Å². The highest BCUT2D eigenvalue weighted by Gasteiger charge is 2.35. The molecule has 3 nitrogen and oxygen atoms in total. The van der Waals surface area contributed by atoms with Crippen LogP contribution in [0, 0.1) is 0 Å². The fourth-order valence-electron chi connectivity index (χ4n) is 2.71. The SMILES string of the molecule is COC1(C)C=CC(CCN)=CC1OC1CCCC1. The van der Waals surface area contributed by atoms with E-state index in [4.69, 9.17) is 15.2 Å². The molecule has 0 heterocycles. The van der Waals surface area contributed by atoms with Gasteiger partial charge in [-0.25, -0.2) is 0 Å². The predicted molar refractivity (Wildman–Crippen MR) is 73.4 cm³/mol. The maximum Gasteiger partial charge on any atom is 0.113 e. The Balaban J connectivity index is 2.07. The topological polar surface area (TPSA) is 44.5 Å². The lowest BCUT2D eigenvalue weighted by Crippen LogP contribution is -2.43. The molecule has 2 aliphatic rings. The van der Waals surface area contributed by atoms with Crippen LogP contribution in [0.15, 0.2) is 23.8 Å². The molecule has 102 valence electrons. The highest BCUT2D eigenvalue weighted by molar-refractivity contribution is 5.31. The van der Waals surface area contributed by atoms with Crippen molar-refractivity contribution in [3.05, 3.63) is 23.8 Å². The van der Waals surface area contributed by atoms with Crippen molar-refractivity contribution >= 4 is 0 Å². The van der Waals surface area contributed by atoms with Crippen LogP contribution in [0.4, 0.5) is 0 Å². The molecule has 2 unspecified atom stereocenters. The van der Waals surface area contributed by atoms with Crippen molar-refractivity contribution in [3.8, 4) is 0 Å². The summed E-state index contributed by atoms with van der Waals surface area (Å²) in [7, 11) is 1.75. The number of allylic oxidation sites excluding steroid dienone is 1. The summed E-state index contributed by atoms with van der Waals surface area (Å²) in [6.45, 7) is 2.76. The van der Waals surface area contributed by atoms with E-state index in [0.717, 1.165) is 6.42 Å². The van der Waals surface area contributed by atoms with E-state index in [1.165, 1.54) is 31.3 Å². The second-order valence-corrected chi connectivity index (χ2v) is 5.46. The summed E-state index contributed by atoms with van der Waals surface area (Å²) < 4.78 is 11.9. The van der Waals surface area contributed by atoms with Crippen LogP contribution >= 0.6 is 0 Å². The lowest BCUT2D eigenvalue weighted by Gasteiger charge is -2.36. The molecule has 0 bridgehead atoms. The van der Waals surface area contributed by atoms with E-state index in [1.54, 1.807) is 7.11 Å². The molecule has 0 radical (unpaired) electrons. The van der Waals surface area contributed by atoms with Crippen LogP contribution in [0.2, 0.25) is 0 Å². The monoisotopic (exact) mass is 251 g/mol. The van der Waals surface area contributed by atoms with Gasteiger partial charge in [-0.15, -0.1) is 0 Å². The van der Waals surface area contributed by atoms with E-state index < -0.39 is 0 Å². The minimum atomic E-state index is -0.347. The summed E-state index contributed by atoms with van der Waals surface area (Å²) in [4.78, 5) is 0. The van der Waals surface area contributed by atoms with Gasteiger partial charge in [0.05, 0.1) is 6.10 Å². The van der Waals surface area contributed by atoms with Crippen LogP contribution in [0.3, 0.4) is 0 Å². The quantitative estimate of drug-likeness (QED) is 0.816. The van der Waals surface area contributed by atoms with Crippen LogP contribution in [-0.4, -0.2) is 31.5 Å². The van der Waals surface area contributed by atoms with Gasteiger partial charge in [0.1, 0.15) is 11.7 Å². The minimum Gasteiger partial charge on any atom is -0.371 e. The largest absolute Gasteiger partial charge is 0.371 e. The lowest BCUT2D eigenvalue weighted by atomic mass is 9.89. The molecule has 2 atom stereocenters. The van der Waals surface area contributed by atoms with E-state index in [-0.39, 0.29) is 11.7 Å². The van der Waals surface area contributed by atoms with Gasteiger partial charge in [0.2, 0.25) is 0 Å². The normalized spacial score (nSPS) is 32.8. The Morgan fingerprint density at radius 1 is 1.39 bits per heavy atom. The Kier molecular flexibility index (Phi) is 4.60. The first kappa shape index (κ1) is 13.8. The molecule has 0 aromatic rings. The first-order valence-electron chi connectivity index (χ1n) is 6.98. The van der Waals surface area contributed by atoms with Gasteiger partial charge in [-0.05, 0) is 50.5 Å². The van der Waals surface area contributed by atoms with Crippen molar-refractivity contribution in [2.45, 2.75) is 56.8 Å². The van der Waals surface area contributed by atoms with E-state index >= 15 is 0 Å². The highest BCUT2D eigenvalue weighted by Crippen LogP contribution is 2.32. The zero-order valence-corrected chi connectivity index (χ0v) is 11.5. The molecule has 0 aromatic heterocycles. The van der Waals surface area contributed by atoms with Gasteiger partial charge in [0, 0.05) is 7.11 Å².